The van der Waals surface area contributed by atoms with E-state index in [1.54, 1.807) is 0 Å². The number of hydrogen-bond donors (Lipinski definition) is 1. The molecule has 3 heteroatoms. The molecule has 2 nitrogen and oxygen atoms in total. The third-order valence-electron chi connectivity index (χ3n) is 3.55. The van der Waals surface area contributed by atoms with Crippen LogP contribution < -0.4 is 10.6 Å². The molecule has 0 aliphatic carbocycles. The van der Waals surface area contributed by atoms with E-state index in [2.05, 4.69) is 46.0 Å². The summed E-state index contributed by atoms with van der Waals surface area (Å²) in [6.45, 7) is 4.44. The molecule has 1 aromatic rings. The van der Waals surface area contributed by atoms with Gasteiger partial charge in [0.25, 0.3) is 0 Å². The van der Waals surface area contributed by atoms with Crippen LogP contribution in [-0.2, 0) is 6.42 Å². The molecule has 0 aromatic heterocycles. The summed E-state index contributed by atoms with van der Waals surface area (Å²) in [5.74, 6) is 0. The third-order valence-corrected chi connectivity index (χ3v) is 4.29. The molecule has 2 N–H and O–H groups in total. The van der Waals surface area contributed by atoms with Gasteiger partial charge in [-0.25, -0.2) is 0 Å². The lowest BCUT2D eigenvalue weighted by Crippen LogP contribution is -2.24. The number of benzene rings is 1. The van der Waals surface area contributed by atoms with Crippen molar-refractivity contribution in [3.63, 3.8) is 0 Å². The van der Waals surface area contributed by atoms with Crippen LogP contribution in [0.1, 0.15) is 38.2 Å². The van der Waals surface area contributed by atoms with Crippen LogP contribution in [0.15, 0.2) is 22.7 Å². The van der Waals surface area contributed by atoms with Crippen LogP contribution in [0.2, 0.25) is 0 Å². The zero-order chi connectivity index (χ0) is 13.0. The average Bonchev–Trinajstić information content (AvgIpc) is 2.60. The minimum absolute atomic E-state index is 0.213. The monoisotopic (exact) mass is 310 g/mol. The van der Waals surface area contributed by atoms with Gasteiger partial charge in [0, 0.05) is 29.3 Å². The Morgan fingerprint density at radius 3 is 2.44 bits per heavy atom. The fourth-order valence-corrected chi connectivity index (χ4v) is 3.10. The third kappa shape index (κ3) is 3.72. The maximum absolute atomic E-state index is 5.86. The van der Waals surface area contributed by atoms with Gasteiger partial charge in [-0.2, -0.15) is 0 Å². The highest BCUT2D eigenvalue weighted by molar-refractivity contribution is 9.10. The molecule has 100 valence electrons. The van der Waals surface area contributed by atoms with E-state index in [-0.39, 0.29) is 6.04 Å². The number of hydrogen-bond acceptors (Lipinski definition) is 2. The van der Waals surface area contributed by atoms with Crippen LogP contribution in [-0.4, -0.2) is 19.1 Å². The van der Waals surface area contributed by atoms with Gasteiger partial charge in [0.15, 0.2) is 0 Å². The topological polar surface area (TPSA) is 29.3 Å². The normalized spacial score (nSPS) is 18.5. The van der Waals surface area contributed by atoms with Gasteiger partial charge in [0.05, 0.1) is 0 Å². The molecule has 18 heavy (non-hydrogen) atoms. The van der Waals surface area contributed by atoms with Crippen molar-refractivity contribution in [3.05, 3.63) is 28.2 Å². The molecule has 2 rings (SSSR count). The molecule has 1 aliphatic heterocycles. The largest absolute Gasteiger partial charge is 0.372 e. The lowest BCUT2D eigenvalue weighted by atomic mass is 10.1. The Morgan fingerprint density at radius 2 is 1.89 bits per heavy atom. The highest BCUT2D eigenvalue weighted by atomic mass is 79.9. The second-order valence-electron chi connectivity index (χ2n) is 5.36. The molecule has 1 aliphatic rings. The molecule has 0 spiro atoms. The summed E-state index contributed by atoms with van der Waals surface area (Å²) in [4.78, 5) is 2.51. The lowest BCUT2D eigenvalue weighted by Gasteiger charge is -2.23. The van der Waals surface area contributed by atoms with Crippen molar-refractivity contribution >= 4 is 21.6 Å². The van der Waals surface area contributed by atoms with Crippen LogP contribution in [0.25, 0.3) is 0 Å². The van der Waals surface area contributed by atoms with Gasteiger partial charge in [-0.05, 0) is 43.9 Å². The minimum Gasteiger partial charge on any atom is -0.372 e. The standard InChI is InChI=1S/C15H23BrN2/c1-12(17)10-13-6-7-14(11-15(13)16)18-8-4-2-3-5-9-18/h6-7,11-12H,2-5,8-10,17H2,1H3. The Morgan fingerprint density at radius 1 is 1.22 bits per heavy atom. The predicted molar refractivity (Wildman–Crippen MR) is 82.2 cm³/mol. The summed E-state index contributed by atoms with van der Waals surface area (Å²) in [6.07, 6.45) is 6.32. The molecule has 1 fully saturated rings. The van der Waals surface area contributed by atoms with Gasteiger partial charge in [-0.15, -0.1) is 0 Å². The van der Waals surface area contributed by atoms with Crippen molar-refractivity contribution in [2.45, 2.75) is 45.1 Å². The van der Waals surface area contributed by atoms with Crippen LogP contribution in [0, 0.1) is 0 Å². The number of nitrogens with zero attached hydrogens (tertiary/aromatic N) is 1. The first-order chi connectivity index (χ1) is 8.66. The van der Waals surface area contributed by atoms with E-state index in [1.165, 1.54) is 54.5 Å². The van der Waals surface area contributed by atoms with Crippen molar-refractivity contribution in [3.8, 4) is 0 Å². The Balaban J connectivity index is 2.11. The molecule has 1 aromatic carbocycles. The van der Waals surface area contributed by atoms with E-state index in [0.29, 0.717) is 0 Å². The van der Waals surface area contributed by atoms with E-state index >= 15 is 0 Å². The molecule has 1 saturated heterocycles. The van der Waals surface area contributed by atoms with E-state index in [1.807, 2.05) is 0 Å². The van der Waals surface area contributed by atoms with Gasteiger partial charge in [-0.3, -0.25) is 0 Å². The zero-order valence-electron chi connectivity index (χ0n) is 11.2. The molecule has 1 unspecified atom stereocenters. The van der Waals surface area contributed by atoms with Crippen LogP contribution >= 0.6 is 15.9 Å². The maximum Gasteiger partial charge on any atom is 0.0377 e. The Bertz CT molecular complexity index is 382. The fraction of sp³-hybridized carbons (Fsp3) is 0.600. The summed E-state index contributed by atoms with van der Waals surface area (Å²) in [5.41, 5.74) is 8.52. The summed E-state index contributed by atoms with van der Waals surface area (Å²) in [7, 11) is 0. The molecular formula is C15H23BrN2. The Kier molecular flexibility index (Phi) is 5.07. The number of nitrogens with two attached hydrogens (primary N) is 1. The van der Waals surface area contributed by atoms with Crippen molar-refractivity contribution in [1.82, 2.24) is 0 Å². The lowest BCUT2D eigenvalue weighted by molar-refractivity contribution is 0.726. The molecule has 1 atom stereocenters. The Hall–Kier alpha value is -0.540. The predicted octanol–water partition coefficient (Wildman–Crippen LogP) is 3.72. The van der Waals surface area contributed by atoms with E-state index in [4.69, 9.17) is 5.73 Å². The number of anilines is 1. The summed E-state index contributed by atoms with van der Waals surface area (Å²) in [5, 5.41) is 0. The highest BCUT2D eigenvalue weighted by Crippen LogP contribution is 2.26. The number of rotatable bonds is 3. The van der Waals surface area contributed by atoms with Crippen molar-refractivity contribution in [2.24, 2.45) is 5.73 Å². The second kappa shape index (κ2) is 6.58. The first-order valence-corrected chi connectivity index (χ1v) is 7.75. The van der Waals surface area contributed by atoms with Gasteiger partial charge in [-0.1, -0.05) is 34.8 Å². The molecule has 0 amide bonds. The minimum atomic E-state index is 0.213. The first-order valence-electron chi connectivity index (χ1n) is 6.96. The van der Waals surface area contributed by atoms with Crippen molar-refractivity contribution in [1.29, 1.82) is 0 Å². The van der Waals surface area contributed by atoms with Gasteiger partial charge in [0.1, 0.15) is 0 Å². The maximum atomic E-state index is 5.86. The highest BCUT2D eigenvalue weighted by Gasteiger charge is 2.11. The quantitative estimate of drug-likeness (QED) is 0.922. The summed E-state index contributed by atoms with van der Waals surface area (Å²) < 4.78 is 1.20. The average molecular weight is 311 g/mol. The van der Waals surface area contributed by atoms with Crippen LogP contribution in [0.3, 0.4) is 0 Å². The van der Waals surface area contributed by atoms with E-state index < -0.39 is 0 Å². The van der Waals surface area contributed by atoms with E-state index in [0.717, 1.165) is 6.42 Å². The SMILES string of the molecule is CC(N)Cc1ccc(N2CCCCCC2)cc1Br. The smallest absolute Gasteiger partial charge is 0.0377 e. The second-order valence-corrected chi connectivity index (χ2v) is 6.21. The Labute approximate surface area is 119 Å². The fourth-order valence-electron chi connectivity index (χ4n) is 2.57. The molecule has 0 bridgehead atoms. The van der Waals surface area contributed by atoms with Gasteiger partial charge in [0.2, 0.25) is 0 Å². The van der Waals surface area contributed by atoms with Crippen LogP contribution in [0.5, 0.6) is 0 Å². The molecule has 0 saturated carbocycles. The first kappa shape index (κ1) is 13.9. The van der Waals surface area contributed by atoms with Crippen molar-refractivity contribution in [2.75, 3.05) is 18.0 Å². The van der Waals surface area contributed by atoms with Gasteiger partial charge < -0.3 is 10.6 Å². The van der Waals surface area contributed by atoms with E-state index in [9.17, 15) is 0 Å². The molecule has 1 heterocycles. The van der Waals surface area contributed by atoms with Gasteiger partial charge >= 0.3 is 0 Å². The number of halogens is 1. The van der Waals surface area contributed by atoms with Crippen molar-refractivity contribution < 1.29 is 0 Å². The summed E-state index contributed by atoms with van der Waals surface area (Å²) in [6, 6.07) is 6.93. The summed E-state index contributed by atoms with van der Waals surface area (Å²) >= 11 is 3.68. The van der Waals surface area contributed by atoms with Crippen LogP contribution in [0.4, 0.5) is 5.69 Å². The molecule has 0 radical (unpaired) electrons. The zero-order valence-corrected chi connectivity index (χ0v) is 12.7. The molecular weight excluding hydrogens is 288 g/mol.